The first kappa shape index (κ1) is 45.7. The molecule has 1 aliphatic rings. The zero-order valence-corrected chi connectivity index (χ0v) is 41.5. The minimum atomic E-state index is 0.491. The first-order valence-electron chi connectivity index (χ1n) is 23.3. The van der Waals surface area contributed by atoms with Gasteiger partial charge in [-0.15, -0.1) is 45.3 Å². The Morgan fingerprint density at radius 2 is 0.486 bits per heavy atom. The average Bonchev–Trinajstić information content (AvgIpc) is 4.25. The van der Waals surface area contributed by atoms with Crippen molar-refractivity contribution < 1.29 is 18.9 Å². The van der Waals surface area contributed by atoms with Crippen molar-refractivity contribution in [1.82, 2.24) is 0 Å². The molecule has 11 rings (SSSR count). The highest BCUT2D eigenvalue weighted by atomic mass is 32.1. The fourth-order valence-corrected chi connectivity index (χ4v) is 11.8. The SMILES string of the molecule is C1#Cc2c3ccccc3c(c3ccccc23)C#Cc2sccc2COCCCOCc2ccsc2C#Cc2c3ccccc3c(c3ccccc23)C#Cc2sccc2COCCCOCc2ccsc21. The third kappa shape index (κ3) is 9.98. The number of ether oxygens (including phenoxy) is 4. The van der Waals surface area contributed by atoms with E-state index in [1.54, 1.807) is 45.3 Å². The van der Waals surface area contributed by atoms with Crippen LogP contribution in [0.5, 0.6) is 0 Å². The Kier molecular flexibility index (Phi) is 14.3. The maximum atomic E-state index is 6.20. The fraction of sp³-hybridized carbons (Fsp3) is 0.161. The van der Waals surface area contributed by atoms with Crippen molar-refractivity contribution in [2.45, 2.75) is 39.3 Å². The van der Waals surface area contributed by atoms with Crippen LogP contribution in [0.15, 0.2) is 143 Å². The van der Waals surface area contributed by atoms with Gasteiger partial charge < -0.3 is 18.9 Å². The van der Waals surface area contributed by atoms with E-state index in [0.717, 1.165) is 120 Å². The van der Waals surface area contributed by atoms with Gasteiger partial charge in [-0.25, -0.2) is 0 Å². The molecule has 0 fully saturated rings. The standard InChI is InChI=1S/C62H44O4S4/c1-2-12-48-47(11-1)55-19-23-59-43(27-35-67-59)39-63-31-9-33-65-41-45-29-37-69-61(45)25-21-57-51-15-5-7-17-53(51)58(54-18-8-6-16-52(54)57)22-26-62-46(30-38-70-62)42-66-34-10-32-64-40-44-28-36-68-60(44)24-20-56(48)50-14-4-3-13-49(50)55/h1-8,11-18,27-30,35-38H,9-10,31-34,39-42H2. The number of rotatable bonds is 0. The molecule has 0 N–H and O–H groups in total. The van der Waals surface area contributed by atoms with Gasteiger partial charge in [0.2, 0.25) is 0 Å². The first-order chi connectivity index (χ1) is 34.8. The monoisotopic (exact) mass is 980 g/mol. The summed E-state index contributed by atoms with van der Waals surface area (Å²) in [7, 11) is 0. The molecule has 0 spiro atoms. The Hall–Kier alpha value is -6.76. The highest BCUT2D eigenvalue weighted by molar-refractivity contribution is 7.11. The summed E-state index contributed by atoms with van der Waals surface area (Å²) >= 11 is 6.59. The molecule has 8 heteroatoms. The van der Waals surface area contributed by atoms with Crippen LogP contribution < -0.4 is 0 Å². The summed E-state index contributed by atoms with van der Waals surface area (Å²) in [6.45, 7) is 4.30. The van der Waals surface area contributed by atoms with E-state index in [9.17, 15) is 0 Å². The van der Waals surface area contributed by atoms with Gasteiger partial charge in [0, 0.05) is 70.9 Å². The number of fused-ring (bicyclic) bond motifs is 10. The van der Waals surface area contributed by atoms with E-state index in [2.05, 4.69) is 190 Å². The Bertz CT molecular complexity index is 3190. The number of thiophene rings is 4. The molecule has 1 aliphatic heterocycles. The molecule has 4 bridgehead atoms. The summed E-state index contributed by atoms with van der Waals surface area (Å²) < 4.78 is 24.8. The van der Waals surface area contributed by atoms with Gasteiger partial charge in [0.05, 0.1) is 45.9 Å². The van der Waals surface area contributed by atoms with Gasteiger partial charge in [-0.3, -0.25) is 0 Å². The van der Waals surface area contributed by atoms with Crippen molar-refractivity contribution in [2.24, 2.45) is 0 Å². The summed E-state index contributed by atoms with van der Waals surface area (Å²) in [5.41, 5.74) is 8.38. The maximum absolute atomic E-state index is 6.20. The van der Waals surface area contributed by atoms with Gasteiger partial charge in [-0.05, 0) is 102 Å². The molecule has 0 unspecified atom stereocenters. The van der Waals surface area contributed by atoms with Crippen LogP contribution >= 0.6 is 45.3 Å². The van der Waals surface area contributed by atoms with E-state index >= 15 is 0 Å². The maximum Gasteiger partial charge on any atom is 0.0827 e. The molecule has 4 nitrogen and oxygen atoms in total. The van der Waals surface area contributed by atoms with Gasteiger partial charge >= 0.3 is 0 Å². The van der Waals surface area contributed by atoms with Crippen LogP contribution in [0.1, 0.15) is 76.9 Å². The van der Waals surface area contributed by atoms with Crippen LogP contribution in [0.4, 0.5) is 0 Å². The number of hydrogen-bond acceptors (Lipinski definition) is 8. The summed E-state index contributed by atoms with van der Waals surface area (Å²) in [4.78, 5) is 4.04. The number of benzene rings is 6. The lowest BCUT2D eigenvalue weighted by Crippen LogP contribution is -2.02. The van der Waals surface area contributed by atoms with E-state index < -0.39 is 0 Å². The van der Waals surface area contributed by atoms with Crippen LogP contribution in [0.2, 0.25) is 0 Å². The fourth-order valence-electron chi connectivity index (χ4n) is 8.76. The van der Waals surface area contributed by atoms with E-state index in [-0.39, 0.29) is 0 Å². The third-order valence-corrected chi connectivity index (χ3v) is 15.7. The number of hydrogen-bond donors (Lipinski definition) is 0. The predicted molar refractivity (Wildman–Crippen MR) is 292 cm³/mol. The molecule has 0 aliphatic carbocycles. The summed E-state index contributed by atoms with van der Waals surface area (Å²) in [5, 5.41) is 17.1. The molecule has 6 aromatic carbocycles. The summed E-state index contributed by atoms with van der Waals surface area (Å²) in [6, 6.07) is 42.4. The molecule has 0 saturated heterocycles. The molecule has 0 atom stereocenters. The largest absolute Gasteiger partial charge is 0.377 e. The smallest absolute Gasteiger partial charge is 0.0827 e. The molecule has 0 saturated carbocycles. The highest BCUT2D eigenvalue weighted by Crippen LogP contribution is 2.35. The molecule has 70 heavy (non-hydrogen) atoms. The van der Waals surface area contributed by atoms with Crippen LogP contribution in [0.3, 0.4) is 0 Å². The highest BCUT2D eigenvalue weighted by Gasteiger charge is 2.15. The van der Waals surface area contributed by atoms with Gasteiger partial charge in [0.15, 0.2) is 0 Å². The van der Waals surface area contributed by atoms with Crippen molar-refractivity contribution in [3.8, 4) is 47.4 Å². The predicted octanol–water partition coefficient (Wildman–Crippen LogP) is 14.7. The van der Waals surface area contributed by atoms with Crippen molar-refractivity contribution in [1.29, 1.82) is 0 Å². The molecular weight excluding hydrogens is 937 g/mol. The lowest BCUT2D eigenvalue weighted by atomic mass is 9.92. The van der Waals surface area contributed by atoms with Crippen LogP contribution in [-0.2, 0) is 45.4 Å². The second-order valence-electron chi connectivity index (χ2n) is 16.7. The van der Waals surface area contributed by atoms with Crippen molar-refractivity contribution in [3.05, 3.63) is 207 Å². The first-order valence-corrected chi connectivity index (χ1v) is 26.8. The third-order valence-electron chi connectivity index (χ3n) is 12.2. The van der Waals surface area contributed by atoms with Crippen molar-refractivity contribution in [2.75, 3.05) is 26.4 Å². The van der Waals surface area contributed by atoms with Gasteiger partial charge in [-0.2, -0.15) is 0 Å². The second-order valence-corrected chi connectivity index (χ2v) is 20.4. The lowest BCUT2D eigenvalue weighted by molar-refractivity contribution is 0.0695. The topological polar surface area (TPSA) is 36.9 Å². The van der Waals surface area contributed by atoms with Crippen LogP contribution in [0.25, 0.3) is 43.1 Å². The molecule has 4 aromatic heterocycles. The Morgan fingerprint density at radius 1 is 0.271 bits per heavy atom. The normalized spacial score (nSPS) is 14.1. The van der Waals surface area contributed by atoms with Gasteiger partial charge in [0.25, 0.3) is 0 Å². The molecule has 10 aromatic rings. The Balaban J connectivity index is 0.879. The molecule has 0 radical (unpaired) electrons. The van der Waals surface area contributed by atoms with Crippen LogP contribution in [0, 0.1) is 47.4 Å². The zero-order chi connectivity index (χ0) is 46.9. The summed E-state index contributed by atoms with van der Waals surface area (Å²) in [5.74, 6) is 28.6. The average molecular weight is 981 g/mol. The molecule has 340 valence electrons. The van der Waals surface area contributed by atoms with Gasteiger partial charge in [-0.1, -0.05) is 144 Å². The minimum Gasteiger partial charge on any atom is -0.377 e. The van der Waals surface area contributed by atoms with Crippen LogP contribution in [-0.4, -0.2) is 26.4 Å². The van der Waals surface area contributed by atoms with E-state index in [0.29, 0.717) is 52.9 Å². The Morgan fingerprint density at radius 3 is 0.700 bits per heavy atom. The molecule has 5 heterocycles. The van der Waals surface area contributed by atoms with E-state index in [1.807, 2.05) is 0 Å². The lowest BCUT2D eigenvalue weighted by Gasteiger charge is -2.10. The van der Waals surface area contributed by atoms with Gasteiger partial charge in [0.1, 0.15) is 0 Å². The Labute approximate surface area is 424 Å². The van der Waals surface area contributed by atoms with E-state index in [1.165, 1.54) is 0 Å². The second kappa shape index (κ2) is 21.9. The quantitative estimate of drug-likeness (QED) is 0.112. The minimum absolute atomic E-state index is 0.491. The summed E-state index contributed by atoms with van der Waals surface area (Å²) in [6.07, 6.45) is 1.56. The zero-order valence-electron chi connectivity index (χ0n) is 38.2. The van der Waals surface area contributed by atoms with Crippen molar-refractivity contribution >= 4 is 88.4 Å². The van der Waals surface area contributed by atoms with E-state index in [4.69, 9.17) is 18.9 Å². The molecule has 0 amide bonds. The molecular formula is C62H44O4S4. The van der Waals surface area contributed by atoms with Crippen molar-refractivity contribution in [3.63, 3.8) is 0 Å².